The molecule has 0 bridgehead atoms. The maximum absolute atomic E-state index is 13.6. The van der Waals surface area contributed by atoms with E-state index < -0.39 is 17.1 Å². The summed E-state index contributed by atoms with van der Waals surface area (Å²) in [6, 6.07) is 17.0. The second kappa shape index (κ2) is 10.0. The molecule has 0 aliphatic heterocycles. The lowest BCUT2D eigenvalue weighted by molar-refractivity contribution is -0.178. The average molecular weight is 543 g/mol. The van der Waals surface area contributed by atoms with Crippen LogP contribution in [0.5, 0.6) is 11.5 Å². The Bertz CT molecular complexity index is 1350. The summed E-state index contributed by atoms with van der Waals surface area (Å²) in [5.74, 6) is 1.29. The molecule has 4 aliphatic carbocycles. The van der Waals surface area contributed by atoms with Crippen LogP contribution in [-0.4, -0.2) is 40.1 Å². The number of Topliss-reactive ketones (excluding diaryl/α,β-unsaturated/α-hetero) is 1. The highest BCUT2D eigenvalue weighted by Gasteiger charge is 2.68. The van der Waals surface area contributed by atoms with Crippen LogP contribution in [0.4, 0.5) is 0 Å². The summed E-state index contributed by atoms with van der Waals surface area (Å²) in [7, 11) is 0. The number of ketones is 2. The molecule has 0 saturated heterocycles. The van der Waals surface area contributed by atoms with E-state index in [1.165, 1.54) is 0 Å². The van der Waals surface area contributed by atoms with Crippen LogP contribution in [0.1, 0.15) is 51.5 Å². The zero-order chi connectivity index (χ0) is 28.1. The van der Waals surface area contributed by atoms with Gasteiger partial charge >= 0.3 is 0 Å². The first kappa shape index (κ1) is 27.0. The van der Waals surface area contributed by atoms with Crippen LogP contribution in [0, 0.1) is 28.6 Å². The largest absolute Gasteiger partial charge is 0.489 e. The molecule has 2 aromatic carbocycles. The number of allylic oxidation sites excluding steroid dienone is 4. The number of hydrogen-bond acceptors (Lipinski definition) is 6. The number of aliphatic hydroxyl groups is 2. The molecule has 4 aliphatic rings. The van der Waals surface area contributed by atoms with Crippen molar-refractivity contribution in [1.29, 1.82) is 0 Å². The summed E-state index contributed by atoms with van der Waals surface area (Å²) in [5.41, 5.74) is -0.585. The van der Waals surface area contributed by atoms with Crippen molar-refractivity contribution in [1.82, 2.24) is 0 Å². The van der Waals surface area contributed by atoms with E-state index in [-0.39, 0.29) is 41.3 Å². The molecule has 0 spiro atoms. The van der Waals surface area contributed by atoms with E-state index in [0.717, 1.165) is 36.1 Å². The van der Waals surface area contributed by atoms with Crippen molar-refractivity contribution < 1.29 is 29.3 Å². The SMILES string of the molecule is CC12C=CC(=O)C=C1CCC1C2[C@@H](O)CC2(C)C1CC[C@]2(O)C(=O)COc1ccc(COc2ccccc2)cc1. The third-order valence-electron chi connectivity index (χ3n) is 10.6. The Morgan fingerprint density at radius 2 is 1.73 bits per heavy atom. The monoisotopic (exact) mass is 542 g/mol. The second-order valence-corrected chi connectivity index (χ2v) is 12.6. The quantitative estimate of drug-likeness (QED) is 0.498. The number of rotatable bonds is 7. The number of ether oxygens (including phenoxy) is 2. The number of hydrogen-bond donors (Lipinski definition) is 2. The van der Waals surface area contributed by atoms with Crippen molar-refractivity contribution in [2.24, 2.45) is 28.6 Å². The third kappa shape index (κ3) is 4.33. The molecule has 5 unspecified atom stereocenters. The zero-order valence-corrected chi connectivity index (χ0v) is 23.2. The van der Waals surface area contributed by atoms with E-state index >= 15 is 0 Å². The molecule has 7 atom stereocenters. The van der Waals surface area contributed by atoms with Crippen molar-refractivity contribution in [3.05, 3.63) is 84.0 Å². The molecule has 0 heterocycles. The first-order valence-electron chi connectivity index (χ1n) is 14.4. The predicted molar refractivity (Wildman–Crippen MR) is 151 cm³/mol. The Morgan fingerprint density at radius 3 is 2.48 bits per heavy atom. The Hall–Kier alpha value is -3.22. The Labute approximate surface area is 235 Å². The van der Waals surface area contributed by atoms with Crippen LogP contribution in [0.15, 0.2) is 78.4 Å². The topological polar surface area (TPSA) is 93.1 Å². The van der Waals surface area contributed by atoms with Crippen LogP contribution in [-0.2, 0) is 16.2 Å². The number of carbonyl (C=O) groups excluding carboxylic acids is 2. The highest BCUT2D eigenvalue weighted by molar-refractivity contribution is 6.01. The van der Waals surface area contributed by atoms with Crippen LogP contribution >= 0.6 is 0 Å². The summed E-state index contributed by atoms with van der Waals surface area (Å²) in [6.07, 6.45) is 7.78. The summed E-state index contributed by atoms with van der Waals surface area (Å²) in [5, 5.41) is 23.5. The standard InChI is InChI=1S/C34H38O6/c1-32-16-14-24(35)18-23(32)10-13-27-28-15-17-34(38,33(28,2)19-29(36)31(27)32)30(37)21-40-26-11-8-22(9-12-26)20-39-25-6-4-3-5-7-25/h3-9,11-12,14,16,18,27-29,31,36,38H,10,13,15,17,19-21H2,1-2H3/t27?,28?,29-,31?,32?,33?,34-/m0/s1. The minimum atomic E-state index is -1.55. The Balaban J connectivity index is 1.12. The smallest absolute Gasteiger partial charge is 0.202 e. The third-order valence-corrected chi connectivity index (χ3v) is 10.6. The van der Waals surface area contributed by atoms with Crippen molar-refractivity contribution in [2.75, 3.05) is 6.61 Å². The lowest BCUT2D eigenvalue weighted by atomic mass is 9.46. The molecule has 210 valence electrons. The normalized spacial score (nSPS) is 36.2. The summed E-state index contributed by atoms with van der Waals surface area (Å²) >= 11 is 0. The fourth-order valence-electron chi connectivity index (χ4n) is 8.42. The highest BCUT2D eigenvalue weighted by Crippen LogP contribution is 2.67. The van der Waals surface area contributed by atoms with E-state index in [2.05, 4.69) is 6.92 Å². The van der Waals surface area contributed by atoms with Crippen molar-refractivity contribution in [2.45, 2.75) is 64.3 Å². The zero-order valence-electron chi connectivity index (χ0n) is 23.2. The Morgan fingerprint density at radius 1 is 1.00 bits per heavy atom. The molecule has 0 amide bonds. The van der Waals surface area contributed by atoms with Gasteiger partial charge in [0.15, 0.2) is 5.78 Å². The number of carbonyl (C=O) groups is 2. The van der Waals surface area contributed by atoms with Crippen molar-refractivity contribution in [3.63, 3.8) is 0 Å². The second-order valence-electron chi connectivity index (χ2n) is 12.6. The first-order valence-corrected chi connectivity index (χ1v) is 14.4. The van der Waals surface area contributed by atoms with Crippen LogP contribution in [0.2, 0.25) is 0 Å². The molecule has 0 radical (unpaired) electrons. The fraction of sp³-hybridized carbons (Fsp3) is 0.471. The lowest BCUT2D eigenvalue weighted by Gasteiger charge is -2.59. The molecule has 2 aromatic rings. The van der Waals surface area contributed by atoms with E-state index in [1.54, 1.807) is 12.2 Å². The van der Waals surface area contributed by atoms with Crippen molar-refractivity contribution >= 4 is 11.6 Å². The van der Waals surface area contributed by atoms with Crippen LogP contribution < -0.4 is 9.47 Å². The summed E-state index contributed by atoms with van der Waals surface area (Å²) in [6.45, 7) is 4.31. The van der Waals surface area contributed by atoms with Gasteiger partial charge in [-0.1, -0.05) is 55.8 Å². The van der Waals surface area contributed by atoms with Crippen LogP contribution in [0.25, 0.3) is 0 Å². The number of fused-ring (bicyclic) bond motifs is 5. The van der Waals surface area contributed by atoms with Gasteiger partial charge in [-0.15, -0.1) is 0 Å². The number of aliphatic hydroxyl groups excluding tert-OH is 1. The van der Waals surface area contributed by atoms with Gasteiger partial charge in [-0.3, -0.25) is 9.59 Å². The summed E-state index contributed by atoms with van der Waals surface area (Å²) in [4.78, 5) is 25.6. The molecular weight excluding hydrogens is 504 g/mol. The summed E-state index contributed by atoms with van der Waals surface area (Å²) < 4.78 is 11.6. The molecule has 2 N–H and O–H groups in total. The maximum Gasteiger partial charge on any atom is 0.202 e. The van der Waals surface area contributed by atoms with Gasteiger partial charge in [-0.2, -0.15) is 0 Å². The molecule has 3 saturated carbocycles. The minimum Gasteiger partial charge on any atom is -0.489 e. The molecule has 3 fully saturated rings. The first-order chi connectivity index (χ1) is 19.1. The van der Waals surface area contributed by atoms with E-state index in [9.17, 15) is 19.8 Å². The minimum absolute atomic E-state index is 0.0112. The molecule has 6 nitrogen and oxygen atoms in total. The van der Waals surface area contributed by atoms with E-state index in [1.807, 2.05) is 67.6 Å². The van der Waals surface area contributed by atoms with Gasteiger partial charge in [0, 0.05) is 16.7 Å². The molecule has 6 heteroatoms. The van der Waals surface area contributed by atoms with Crippen LogP contribution in [0.3, 0.4) is 0 Å². The van der Waals surface area contributed by atoms with Gasteiger partial charge in [-0.05, 0) is 85.9 Å². The van der Waals surface area contributed by atoms with Gasteiger partial charge in [-0.25, -0.2) is 0 Å². The van der Waals surface area contributed by atoms with Gasteiger partial charge in [0.05, 0.1) is 6.10 Å². The number of para-hydroxylation sites is 1. The van der Waals surface area contributed by atoms with E-state index in [4.69, 9.17) is 9.47 Å². The average Bonchev–Trinajstić information content (AvgIpc) is 3.22. The van der Waals surface area contributed by atoms with Gasteiger partial charge < -0.3 is 19.7 Å². The van der Waals surface area contributed by atoms with Gasteiger partial charge in [0.25, 0.3) is 0 Å². The maximum atomic E-state index is 13.6. The highest BCUT2D eigenvalue weighted by atomic mass is 16.5. The number of benzene rings is 2. The lowest BCUT2D eigenvalue weighted by Crippen LogP contribution is -2.61. The fourth-order valence-corrected chi connectivity index (χ4v) is 8.42. The molecule has 6 rings (SSSR count). The van der Waals surface area contributed by atoms with E-state index in [0.29, 0.717) is 25.2 Å². The van der Waals surface area contributed by atoms with Crippen molar-refractivity contribution in [3.8, 4) is 11.5 Å². The van der Waals surface area contributed by atoms with Gasteiger partial charge in [0.1, 0.15) is 30.3 Å². The van der Waals surface area contributed by atoms with Gasteiger partial charge in [0.2, 0.25) is 5.78 Å². The molecule has 40 heavy (non-hydrogen) atoms. The predicted octanol–water partition coefficient (Wildman–Crippen LogP) is 5.22. The Kier molecular flexibility index (Phi) is 6.75. The molecular formula is C34H38O6. The molecule has 0 aromatic heterocycles.